The van der Waals surface area contributed by atoms with Crippen molar-refractivity contribution < 1.29 is 15.0 Å². The Bertz CT molecular complexity index is 991. The molecular formula is C20H22N4O3. The van der Waals surface area contributed by atoms with Crippen LogP contribution in [0, 0.1) is 6.92 Å². The second kappa shape index (κ2) is 7.11. The zero-order valence-corrected chi connectivity index (χ0v) is 15.5. The third kappa shape index (κ3) is 3.62. The summed E-state index contributed by atoms with van der Waals surface area (Å²) in [6.07, 6.45) is 0. The van der Waals surface area contributed by atoms with Crippen LogP contribution in [0.2, 0.25) is 0 Å². The highest BCUT2D eigenvalue weighted by Gasteiger charge is 2.22. The largest absolute Gasteiger partial charge is 0.508 e. The van der Waals surface area contributed by atoms with Crippen molar-refractivity contribution in [2.75, 3.05) is 0 Å². The summed E-state index contributed by atoms with van der Waals surface area (Å²) in [5.41, 5.74) is 8.56. The van der Waals surface area contributed by atoms with Gasteiger partial charge in [0, 0.05) is 6.07 Å². The van der Waals surface area contributed by atoms with Gasteiger partial charge < -0.3 is 15.9 Å². The number of hydrogen-bond donors (Lipinski definition) is 3. The molecule has 4 N–H and O–H groups in total. The number of phenols is 2. The fraction of sp³-hybridized carbons (Fsp3) is 0.250. The second-order valence-corrected chi connectivity index (χ2v) is 6.87. The summed E-state index contributed by atoms with van der Waals surface area (Å²) in [5, 5.41) is 28.4. The van der Waals surface area contributed by atoms with Crippen molar-refractivity contribution in [2.24, 2.45) is 5.73 Å². The highest BCUT2D eigenvalue weighted by molar-refractivity contribution is 5.90. The fourth-order valence-corrected chi connectivity index (χ4v) is 2.95. The molecule has 0 atom stereocenters. The van der Waals surface area contributed by atoms with E-state index in [1.165, 1.54) is 6.07 Å². The molecule has 0 aliphatic rings. The Labute approximate surface area is 157 Å². The predicted molar refractivity (Wildman–Crippen MR) is 102 cm³/mol. The number of primary amides is 1. The van der Waals surface area contributed by atoms with Gasteiger partial charge in [0.05, 0.1) is 12.1 Å². The molecule has 0 saturated carbocycles. The summed E-state index contributed by atoms with van der Waals surface area (Å²) < 4.78 is 1.57. The monoisotopic (exact) mass is 366 g/mol. The maximum absolute atomic E-state index is 11.8. The average molecular weight is 366 g/mol. The van der Waals surface area contributed by atoms with Crippen LogP contribution in [0.4, 0.5) is 0 Å². The lowest BCUT2D eigenvalue weighted by molar-refractivity contribution is 0.0986. The Morgan fingerprint density at radius 2 is 1.78 bits per heavy atom. The van der Waals surface area contributed by atoms with E-state index in [0.29, 0.717) is 23.5 Å². The lowest BCUT2D eigenvalue weighted by atomic mass is 9.98. The average Bonchev–Trinajstić information content (AvgIpc) is 3.00. The molecule has 0 saturated heterocycles. The summed E-state index contributed by atoms with van der Waals surface area (Å²) in [4.78, 5) is 11.8. The van der Waals surface area contributed by atoms with E-state index in [9.17, 15) is 15.0 Å². The van der Waals surface area contributed by atoms with Crippen LogP contribution in [-0.2, 0) is 6.54 Å². The lowest BCUT2D eigenvalue weighted by Gasteiger charge is -2.14. The van der Waals surface area contributed by atoms with Gasteiger partial charge in [-0.2, -0.15) is 0 Å². The van der Waals surface area contributed by atoms with E-state index >= 15 is 0 Å². The van der Waals surface area contributed by atoms with E-state index in [0.717, 1.165) is 11.1 Å². The van der Waals surface area contributed by atoms with Gasteiger partial charge in [0.25, 0.3) is 5.91 Å². The molecule has 7 nitrogen and oxygen atoms in total. The maximum Gasteiger partial charge on any atom is 0.286 e. The van der Waals surface area contributed by atoms with E-state index in [2.05, 4.69) is 10.2 Å². The Morgan fingerprint density at radius 3 is 2.37 bits per heavy atom. The van der Waals surface area contributed by atoms with E-state index in [1.807, 2.05) is 45.0 Å². The van der Waals surface area contributed by atoms with E-state index in [1.54, 1.807) is 10.6 Å². The van der Waals surface area contributed by atoms with E-state index < -0.39 is 5.91 Å². The minimum Gasteiger partial charge on any atom is -0.508 e. The van der Waals surface area contributed by atoms with Crippen molar-refractivity contribution in [2.45, 2.75) is 33.2 Å². The molecule has 1 heterocycles. The first-order chi connectivity index (χ1) is 12.8. The minimum absolute atomic E-state index is 0.00384. The van der Waals surface area contributed by atoms with Crippen molar-refractivity contribution >= 4 is 5.91 Å². The quantitative estimate of drug-likeness (QED) is 0.642. The molecule has 0 aliphatic heterocycles. The summed E-state index contributed by atoms with van der Waals surface area (Å²) >= 11 is 0. The molecule has 3 aromatic rings. The van der Waals surface area contributed by atoms with Crippen LogP contribution in [0.1, 0.15) is 47.1 Å². The lowest BCUT2D eigenvalue weighted by Crippen LogP contribution is -2.19. The molecule has 3 rings (SSSR count). The zero-order valence-electron chi connectivity index (χ0n) is 15.5. The molecule has 0 spiro atoms. The number of nitrogens with two attached hydrogens (primary N) is 1. The predicted octanol–water partition coefficient (Wildman–Crippen LogP) is 2.94. The van der Waals surface area contributed by atoms with Crippen molar-refractivity contribution in [3.63, 3.8) is 0 Å². The van der Waals surface area contributed by atoms with Crippen molar-refractivity contribution in [1.82, 2.24) is 14.8 Å². The zero-order chi connectivity index (χ0) is 19.7. The molecule has 1 aromatic heterocycles. The first-order valence-electron chi connectivity index (χ1n) is 8.62. The third-order valence-electron chi connectivity index (χ3n) is 4.44. The van der Waals surface area contributed by atoms with Gasteiger partial charge in [0.15, 0.2) is 5.82 Å². The number of phenolic OH excluding ortho intramolecular Hbond substituents is 2. The van der Waals surface area contributed by atoms with Gasteiger partial charge in [-0.05, 0) is 30.0 Å². The van der Waals surface area contributed by atoms with Gasteiger partial charge in [-0.3, -0.25) is 9.36 Å². The van der Waals surface area contributed by atoms with E-state index in [-0.39, 0.29) is 23.2 Å². The number of carbonyl (C=O) groups excluding carboxylic acids is 1. The number of benzene rings is 2. The van der Waals surface area contributed by atoms with Gasteiger partial charge in [-0.1, -0.05) is 43.7 Å². The van der Waals surface area contributed by atoms with Gasteiger partial charge in [-0.25, -0.2) is 0 Å². The molecule has 7 heteroatoms. The second-order valence-electron chi connectivity index (χ2n) is 6.87. The topological polar surface area (TPSA) is 114 Å². The molecule has 140 valence electrons. The van der Waals surface area contributed by atoms with Gasteiger partial charge in [-0.15, -0.1) is 10.2 Å². The van der Waals surface area contributed by atoms with Crippen LogP contribution in [0.5, 0.6) is 11.5 Å². The number of carbonyl (C=O) groups is 1. The van der Waals surface area contributed by atoms with Crippen LogP contribution in [0.25, 0.3) is 11.4 Å². The minimum atomic E-state index is -0.705. The summed E-state index contributed by atoms with van der Waals surface area (Å²) in [6, 6.07) is 10.8. The molecule has 0 aliphatic carbocycles. The van der Waals surface area contributed by atoms with Crippen LogP contribution in [-0.4, -0.2) is 30.9 Å². The molecule has 1 amide bonds. The van der Waals surface area contributed by atoms with Gasteiger partial charge in [0.1, 0.15) is 11.5 Å². The smallest absolute Gasteiger partial charge is 0.286 e. The Kier molecular flexibility index (Phi) is 4.85. The third-order valence-corrected chi connectivity index (χ3v) is 4.44. The standard InChI is InChI=1S/C20H22N4O3/c1-11(2)14-8-15(17(26)9-16(14)25)19-22-23-20(18(21)27)24(19)10-13-6-4-12(3)5-7-13/h4-9,11,25-26H,10H2,1-3H3,(H2,21,27). The normalized spacial score (nSPS) is 11.1. The van der Waals surface area contributed by atoms with Crippen LogP contribution in [0.15, 0.2) is 36.4 Å². The van der Waals surface area contributed by atoms with E-state index in [4.69, 9.17) is 5.73 Å². The molecule has 0 unspecified atom stereocenters. The highest BCUT2D eigenvalue weighted by atomic mass is 16.3. The number of aryl methyl sites for hydroxylation is 1. The number of nitrogens with zero attached hydrogens (tertiary/aromatic N) is 3. The summed E-state index contributed by atoms with van der Waals surface area (Å²) in [5.74, 6) is -0.499. The number of aromatic hydroxyl groups is 2. The molecule has 0 radical (unpaired) electrons. The summed E-state index contributed by atoms with van der Waals surface area (Å²) in [7, 11) is 0. The molecule has 0 fully saturated rings. The molecule has 2 aromatic carbocycles. The Morgan fingerprint density at radius 1 is 1.11 bits per heavy atom. The van der Waals surface area contributed by atoms with Crippen LogP contribution < -0.4 is 5.73 Å². The van der Waals surface area contributed by atoms with Crippen molar-refractivity contribution in [3.8, 4) is 22.9 Å². The Balaban J connectivity index is 2.15. The number of amides is 1. The summed E-state index contributed by atoms with van der Waals surface area (Å²) in [6.45, 7) is 6.17. The van der Waals surface area contributed by atoms with Crippen molar-refractivity contribution in [1.29, 1.82) is 0 Å². The first kappa shape index (κ1) is 18.4. The molecule has 0 bridgehead atoms. The SMILES string of the molecule is Cc1ccc(Cn2c(C(N)=O)nnc2-c2cc(C(C)C)c(O)cc2O)cc1. The Hall–Kier alpha value is -3.35. The van der Waals surface area contributed by atoms with Crippen LogP contribution in [0.3, 0.4) is 0 Å². The van der Waals surface area contributed by atoms with Crippen LogP contribution >= 0.6 is 0 Å². The maximum atomic E-state index is 11.8. The first-order valence-corrected chi connectivity index (χ1v) is 8.62. The molecule has 27 heavy (non-hydrogen) atoms. The van der Waals surface area contributed by atoms with Crippen molar-refractivity contribution in [3.05, 3.63) is 58.9 Å². The van der Waals surface area contributed by atoms with Gasteiger partial charge >= 0.3 is 0 Å². The number of rotatable bonds is 5. The number of aromatic nitrogens is 3. The number of hydrogen-bond acceptors (Lipinski definition) is 5. The van der Waals surface area contributed by atoms with Gasteiger partial charge in [0.2, 0.25) is 5.82 Å². The highest BCUT2D eigenvalue weighted by Crippen LogP contribution is 2.37. The fourth-order valence-electron chi connectivity index (χ4n) is 2.95. The molecular weight excluding hydrogens is 344 g/mol.